The van der Waals surface area contributed by atoms with Crippen LogP contribution in [0.3, 0.4) is 0 Å². The molecular formula is C19H17Cl2NO5. The zero-order valence-electron chi connectivity index (χ0n) is 14.3. The molecule has 0 aliphatic carbocycles. The minimum atomic E-state index is -0.682. The van der Waals surface area contributed by atoms with E-state index in [-0.39, 0.29) is 17.2 Å². The highest BCUT2D eigenvalue weighted by atomic mass is 35.5. The topological polar surface area (TPSA) is 73.9 Å². The minimum Gasteiger partial charge on any atom is -0.486 e. The Balaban J connectivity index is 1.42. The Kier molecular flexibility index (Phi) is 6.42. The van der Waals surface area contributed by atoms with Crippen LogP contribution in [0, 0.1) is 0 Å². The number of amides is 1. The van der Waals surface area contributed by atoms with Crippen molar-refractivity contribution in [2.24, 2.45) is 0 Å². The molecule has 3 rings (SSSR count). The van der Waals surface area contributed by atoms with Crippen LogP contribution in [-0.2, 0) is 16.0 Å². The summed E-state index contributed by atoms with van der Waals surface area (Å²) in [6.45, 7) is 1.08. The van der Waals surface area contributed by atoms with Crippen LogP contribution in [0.15, 0.2) is 36.4 Å². The summed E-state index contributed by atoms with van der Waals surface area (Å²) in [5.41, 5.74) is 1.16. The third kappa shape index (κ3) is 5.28. The van der Waals surface area contributed by atoms with Gasteiger partial charge in [-0.1, -0.05) is 29.3 Å². The van der Waals surface area contributed by atoms with Gasteiger partial charge >= 0.3 is 5.97 Å². The molecule has 8 heteroatoms. The third-order valence-electron chi connectivity index (χ3n) is 3.83. The summed E-state index contributed by atoms with van der Waals surface area (Å²) in [6.07, 6.45) is 0.610. The maximum Gasteiger partial charge on any atom is 0.340 e. The van der Waals surface area contributed by atoms with Gasteiger partial charge in [-0.05, 0) is 42.3 Å². The number of rotatable bonds is 6. The van der Waals surface area contributed by atoms with Crippen LogP contribution in [0.1, 0.15) is 15.9 Å². The van der Waals surface area contributed by atoms with E-state index in [1.807, 2.05) is 18.2 Å². The van der Waals surface area contributed by atoms with Gasteiger partial charge in [0.25, 0.3) is 5.91 Å². The number of benzene rings is 2. The molecule has 142 valence electrons. The number of esters is 1. The highest BCUT2D eigenvalue weighted by Crippen LogP contribution is 2.30. The molecule has 6 nitrogen and oxygen atoms in total. The van der Waals surface area contributed by atoms with Gasteiger partial charge < -0.3 is 19.5 Å². The molecule has 0 radical (unpaired) electrons. The van der Waals surface area contributed by atoms with Gasteiger partial charge in [-0.2, -0.15) is 0 Å². The first-order valence-electron chi connectivity index (χ1n) is 8.30. The first-order chi connectivity index (χ1) is 13.0. The summed E-state index contributed by atoms with van der Waals surface area (Å²) < 4.78 is 16.0. The molecule has 0 spiro atoms. The number of hydrogen-bond acceptors (Lipinski definition) is 5. The van der Waals surface area contributed by atoms with E-state index >= 15 is 0 Å². The van der Waals surface area contributed by atoms with Gasteiger partial charge in [0.15, 0.2) is 18.1 Å². The molecule has 0 aromatic heterocycles. The molecule has 1 aliphatic rings. The Morgan fingerprint density at radius 2 is 1.81 bits per heavy atom. The van der Waals surface area contributed by atoms with Crippen molar-refractivity contribution in [1.82, 2.24) is 5.32 Å². The molecule has 1 heterocycles. The second-order valence-corrected chi connectivity index (χ2v) is 6.62. The number of ether oxygens (including phenoxy) is 3. The molecule has 0 bridgehead atoms. The van der Waals surface area contributed by atoms with E-state index in [9.17, 15) is 9.59 Å². The van der Waals surface area contributed by atoms with E-state index < -0.39 is 11.9 Å². The van der Waals surface area contributed by atoms with Crippen molar-refractivity contribution in [1.29, 1.82) is 0 Å². The van der Waals surface area contributed by atoms with Crippen LogP contribution < -0.4 is 14.8 Å². The Morgan fingerprint density at radius 1 is 1.04 bits per heavy atom. The number of carbonyl (C=O) groups excluding carboxylic acids is 2. The van der Waals surface area contributed by atoms with Crippen molar-refractivity contribution in [2.45, 2.75) is 6.42 Å². The molecule has 0 saturated heterocycles. The summed E-state index contributed by atoms with van der Waals surface area (Å²) in [6, 6.07) is 10.1. The van der Waals surface area contributed by atoms with Crippen molar-refractivity contribution in [2.75, 3.05) is 26.4 Å². The third-order valence-corrected chi connectivity index (χ3v) is 4.38. The van der Waals surface area contributed by atoms with Crippen molar-refractivity contribution < 1.29 is 23.8 Å². The first-order valence-corrected chi connectivity index (χ1v) is 9.06. The second kappa shape index (κ2) is 8.97. The average molecular weight is 410 g/mol. The summed E-state index contributed by atoms with van der Waals surface area (Å²) in [7, 11) is 0. The van der Waals surface area contributed by atoms with Gasteiger partial charge in [-0.25, -0.2) is 4.79 Å². The van der Waals surface area contributed by atoms with E-state index in [0.29, 0.717) is 37.0 Å². The van der Waals surface area contributed by atoms with Crippen molar-refractivity contribution in [3.63, 3.8) is 0 Å². The SMILES string of the molecule is O=C(COC(=O)c1ccc(Cl)cc1Cl)NCCc1ccc2c(c1)OCCO2. The molecule has 0 unspecified atom stereocenters. The van der Waals surface area contributed by atoms with Crippen molar-refractivity contribution in [3.05, 3.63) is 57.6 Å². The Bertz CT molecular complexity index is 856. The molecule has 1 aliphatic heterocycles. The van der Waals surface area contributed by atoms with E-state index in [1.54, 1.807) is 0 Å². The molecule has 0 fully saturated rings. The van der Waals surface area contributed by atoms with Crippen LogP contribution in [0.25, 0.3) is 0 Å². The Morgan fingerprint density at radius 3 is 2.59 bits per heavy atom. The van der Waals surface area contributed by atoms with Gasteiger partial charge in [-0.15, -0.1) is 0 Å². The number of halogens is 2. The van der Waals surface area contributed by atoms with Gasteiger partial charge in [0, 0.05) is 11.6 Å². The van der Waals surface area contributed by atoms with Gasteiger partial charge in [0.2, 0.25) is 0 Å². The van der Waals surface area contributed by atoms with E-state index in [2.05, 4.69) is 5.32 Å². The Hall–Kier alpha value is -2.44. The molecule has 2 aromatic carbocycles. The number of nitrogens with one attached hydrogen (secondary N) is 1. The molecular weight excluding hydrogens is 393 g/mol. The highest BCUT2D eigenvalue weighted by Gasteiger charge is 2.14. The van der Waals surface area contributed by atoms with Gasteiger partial charge in [0.1, 0.15) is 13.2 Å². The molecule has 27 heavy (non-hydrogen) atoms. The fourth-order valence-corrected chi connectivity index (χ4v) is 2.99. The van der Waals surface area contributed by atoms with Crippen molar-refractivity contribution in [3.8, 4) is 11.5 Å². The highest BCUT2D eigenvalue weighted by molar-refractivity contribution is 6.36. The molecule has 0 saturated carbocycles. The lowest BCUT2D eigenvalue weighted by atomic mass is 10.1. The quantitative estimate of drug-likeness (QED) is 0.740. The smallest absolute Gasteiger partial charge is 0.340 e. The van der Waals surface area contributed by atoms with Gasteiger partial charge in [-0.3, -0.25) is 4.79 Å². The summed E-state index contributed by atoms with van der Waals surface area (Å²) in [5.74, 6) is 0.352. The summed E-state index contributed by atoms with van der Waals surface area (Å²) in [4.78, 5) is 23.8. The fraction of sp³-hybridized carbons (Fsp3) is 0.263. The van der Waals surface area contributed by atoms with E-state index in [0.717, 1.165) is 11.3 Å². The predicted octanol–water partition coefficient (Wildman–Crippen LogP) is 3.28. The number of hydrogen-bond donors (Lipinski definition) is 1. The number of fused-ring (bicyclic) bond motifs is 1. The zero-order chi connectivity index (χ0) is 19.2. The van der Waals surface area contributed by atoms with E-state index in [1.165, 1.54) is 18.2 Å². The maximum absolute atomic E-state index is 12.0. The lowest BCUT2D eigenvalue weighted by molar-refractivity contribution is -0.124. The van der Waals surface area contributed by atoms with E-state index in [4.69, 9.17) is 37.4 Å². The standard InChI is InChI=1S/C19H17Cl2NO5/c20-13-2-3-14(15(21)10-13)19(24)27-11-18(23)22-6-5-12-1-4-16-17(9-12)26-8-7-25-16/h1-4,9-10H,5-8,11H2,(H,22,23). The fourth-order valence-electron chi connectivity index (χ4n) is 2.50. The minimum absolute atomic E-state index is 0.158. The van der Waals surface area contributed by atoms with Crippen LogP contribution >= 0.6 is 23.2 Å². The van der Waals surface area contributed by atoms with Crippen LogP contribution in [0.4, 0.5) is 0 Å². The number of carbonyl (C=O) groups is 2. The normalized spacial score (nSPS) is 12.4. The monoisotopic (exact) mass is 409 g/mol. The molecule has 1 N–H and O–H groups in total. The first kappa shape index (κ1) is 19.3. The lowest BCUT2D eigenvalue weighted by Crippen LogP contribution is -2.30. The Labute approximate surface area is 166 Å². The largest absolute Gasteiger partial charge is 0.486 e. The predicted molar refractivity (Wildman–Crippen MR) is 101 cm³/mol. The zero-order valence-corrected chi connectivity index (χ0v) is 15.8. The van der Waals surface area contributed by atoms with Crippen molar-refractivity contribution >= 4 is 35.1 Å². The second-order valence-electron chi connectivity index (χ2n) is 5.78. The summed E-state index contributed by atoms with van der Waals surface area (Å²) >= 11 is 11.7. The molecule has 1 amide bonds. The average Bonchev–Trinajstić information content (AvgIpc) is 2.66. The summed E-state index contributed by atoms with van der Waals surface area (Å²) in [5, 5.41) is 3.28. The van der Waals surface area contributed by atoms with Crippen LogP contribution in [-0.4, -0.2) is 38.2 Å². The molecule has 2 aromatic rings. The van der Waals surface area contributed by atoms with Crippen LogP contribution in [0.5, 0.6) is 11.5 Å². The van der Waals surface area contributed by atoms with Gasteiger partial charge in [0.05, 0.1) is 10.6 Å². The molecule has 0 atom stereocenters. The van der Waals surface area contributed by atoms with Crippen LogP contribution in [0.2, 0.25) is 10.0 Å². The maximum atomic E-state index is 12.0. The lowest BCUT2D eigenvalue weighted by Gasteiger charge is -2.18.